The minimum absolute atomic E-state index is 0.0264. The molecule has 0 radical (unpaired) electrons. The van der Waals surface area contributed by atoms with Crippen molar-refractivity contribution < 1.29 is 9.59 Å². The van der Waals surface area contributed by atoms with Crippen molar-refractivity contribution in [2.45, 2.75) is 19.8 Å². The summed E-state index contributed by atoms with van der Waals surface area (Å²) in [4.78, 5) is 27.6. The number of thiazole rings is 1. The van der Waals surface area contributed by atoms with Crippen LogP contribution in [-0.2, 0) is 16.0 Å². The van der Waals surface area contributed by atoms with Gasteiger partial charge in [0.2, 0.25) is 11.8 Å². The van der Waals surface area contributed by atoms with Crippen LogP contribution in [0.3, 0.4) is 0 Å². The Morgan fingerprint density at radius 1 is 1.16 bits per heavy atom. The molecule has 3 rings (SSSR count). The monoisotopic (exact) mass is 417 g/mol. The molecule has 7 heteroatoms. The molecule has 0 spiro atoms. The number of anilines is 2. The molecule has 0 saturated heterocycles. The second-order valence-corrected chi connectivity index (χ2v) is 7.51. The topological polar surface area (TPSA) is 71.1 Å². The SMILES string of the molecule is CC(=O)Nc1nc2ccc(CCC(=O)Nc3cccc(Br)c3)cc2s1. The average molecular weight is 418 g/mol. The number of hydrogen-bond donors (Lipinski definition) is 2. The number of hydrogen-bond acceptors (Lipinski definition) is 4. The highest BCUT2D eigenvalue weighted by atomic mass is 79.9. The molecule has 0 bridgehead atoms. The summed E-state index contributed by atoms with van der Waals surface area (Å²) in [7, 11) is 0. The molecular weight excluding hydrogens is 402 g/mol. The number of nitrogens with one attached hydrogen (secondary N) is 2. The smallest absolute Gasteiger partial charge is 0.224 e. The van der Waals surface area contributed by atoms with Crippen LogP contribution >= 0.6 is 27.3 Å². The molecule has 128 valence electrons. The molecule has 1 heterocycles. The normalized spacial score (nSPS) is 10.6. The molecule has 0 atom stereocenters. The van der Waals surface area contributed by atoms with Crippen molar-refractivity contribution >= 4 is 60.1 Å². The number of carbonyl (C=O) groups is 2. The molecule has 3 aromatic rings. The zero-order valence-electron chi connectivity index (χ0n) is 13.5. The van der Waals surface area contributed by atoms with Gasteiger partial charge in [-0.15, -0.1) is 0 Å². The van der Waals surface area contributed by atoms with E-state index in [4.69, 9.17) is 0 Å². The van der Waals surface area contributed by atoms with Crippen molar-refractivity contribution in [3.63, 3.8) is 0 Å². The lowest BCUT2D eigenvalue weighted by molar-refractivity contribution is -0.116. The van der Waals surface area contributed by atoms with Gasteiger partial charge in [0, 0.05) is 23.5 Å². The Balaban J connectivity index is 1.62. The number of rotatable bonds is 5. The van der Waals surface area contributed by atoms with Crippen LogP contribution in [0.2, 0.25) is 0 Å². The number of carbonyl (C=O) groups excluding carboxylic acids is 2. The number of benzene rings is 2. The second-order valence-electron chi connectivity index (χ2n) is 5.56. The van der Waals surface area contributed by atoms with E-state index in [2.05, 4.69) is 31.5 Å². The van der Waals surface area contributed by atoms with E-state index in [1.54, 1.807) is 0 Å². The van der Waals surface area contributed by atoms with Crippen molar-refractivity contribution in [2.75, 3.05) is 10.6 Å². The zero-order chi connectivity index (χ0) is 17.8. The molecule has 0 aliphatic carbocycles. The van der Waals surface area contributed by atoms with Gasteiger partial charge in [-0.3, -0.25) is 9.59 Å². The van der Waals surface area contributed by atoms with Crippen molar-refractivity contribution in [3.8, 4) is 0 Å². The number of aromatic nitrogens is 1. The summed E-state index contributed by atoms with van der Waals surface area (Å²) in [5, 5.41) is 6.18. The van der Waals surface area contributed by atoms with Crippen LogP contribution in [0, 0.1) is 0 Å². The van der Waals surface area contributed by atoms with E-state index in [0.717, 1.165) is 25.9 Å². The predicted molar refractivity (Wildman–Crippen MR) is 105 cm³/mol. The van der Waals surface area contributed by atoms with Gasteiger partial charge in [0.1, 0.15) is 0 Å². The van der Waals surface area contributed by atoms with Crippen molar-refractivity contribution in [2.24, 2.45) is 0 Å². The summed E-state index contributed by atoms with van der Waals surface area (Å²) in [6.45, 7) is 1.46. The molecule has 25 heavy (non-hydrogen) atoms. The first-order chi connectivity index (χ1) is 12.0. The minimum Gasteiger partial charge on any atom is -0.326 e. The van der Waals surface area contributed by atoms with Gasteiger partial charge in [0.25, 0.3) is 0 Å². The first-order valence-electron chi connectivity index (χ1n) is 7.72. The van der Waals surface area contributed by atoms with E-state index < -0.39 is 0 Å². The quantitative estimate of drug-likeness (QED) is 0.637. The maximum absolute atomic E-state index is 12.1. The molecule has 1 aromatic heterocycles. The second kappa shape index (κ2) is 7.76. The lowest BCUT2D eigenvalue weighted by Crippen LogP contribution is -2.12. The fraction of sp³-hybridized carbons (Fsp3) is 0.167. The predicted octanol–water partition coefficient (Wildman–Crippen LogP) is 4.59. The Bertz CT molecular complexity index is 939. The van der Waals surface area contributed by atoms with Gasteiger partial charge in [0.05, 0.1) is 10.2 Å². The third-order valence-electron chi connectivity index (χ3n) is 3.48. The first kappa shape index (κ1) is 17.6. The van der Waals surface area contributed by atoms with Crippen molar-refractivity contribution in [3.05, 3.63) is 52.5 Å². The minimum atomic E-state index is -0.136. The summed E-state index contributed by atoms with van der Waals surface area (Å²) >= 11 is 4.81. The highest BCUT2D eigenvalue weighted by Crippen LogP contribution is 2.27. The van der Waals surface area contributed by atoms with Crippen LogP contribution in [0.15, 0.2) is 46.9 Å². The number of amides is 2. The van der Waals surface area contributed by atoms with Gasteiger partial charge in [-0.25, -0.2) is 4.98 Å². The largest absolute Gasteiger partial charge is 0.326 e. The highest BCUT2D eigenvalue weighted by Gasteiger charge is 2.08. The summed E-state index contributed by atoms with van der Waals surface area (Å²) in [5.74, 6) is -0.162. The molecule has 0 saturated carbocycles. The van der Waals surface area contributed by atoms with Gasteiger partial charge in [0.15, 0.2) is 5.13 Å². The van der Waals surface area contributed by atoms with Crippen LogP contribution < -0.4 is 10.6 Å². The maximum Gasteiger partial charge on any atom is 0.224 e. The lowest BCUT2D eigenvalue weighted by Gasteiger charge is -2.06. The number of aryl methyl sites for hydroxylation is 1. The Labute approximate surface area is 157 Å². The van der Waals surface area contributed by atoms with Crippen LogP contribution in [0.4, 0.5) is 10.8 Å². The molecule has 2 N–H and O–H groups in total. The van der Waals surface area contributed by atoms with Gasteiger partial charge in [-0.2, -0.15) is 0 Å². The molecule has 0 unspecified atom stereocenters. The summed E-state index contributed by atoms with van der Waals surface area (Å²) < 4.78 is 1.92. The van der Waals surface area contributed by atoms with E-state index >= 15 is 0 Å². The molecular formula is C18H16BrN3O2S. The van der Waals surface area contributed by atoms with Crippen LogP contribution in [0.1, 0.15) is 18.9 Å². The fourth-order valence-corrected chi connectivity index (χ4v) is 3.75. The molecule has 2 aromatic carbocycles. The maximum atomic E-state index is 12.1. The summed E-state index contributed by atoms with van der Waals surface area (Å²) in [6, 6.07) is 13.4. The zero-order valence-corrected chi connectivity index (χ0v) is 15.9. The molecule has 0 aliphatic heterocycles. The van der Waals surface area contributed by atoms with E-state index in [-0.39, 0.29) is 11.8 Å². The van der Waals surface area contributed by atoms with Crippen LogP contribution in [0.25, 0.3) is 10.2 Å². The van der Waals surface area contributed by atoms with Gasteiger partial charge < -0.3 is 10.6 Å². The number of halogens is 1. The van der Waals surface area contributed by atoms with E-state index in [1.807, 2.05) is 42.5 Å². The molecule has 2 amide bonds. The Morgan fingerprint density at radius 2 is 2.00 bits per heavy atom. The van der Waals surface area contributed by atoms with Crippen molar-refractivity contribution in [1.29, 1.82) is 0 Å². The molecule has 5 nitrogen and oxygen atoms in total. The Morgan fingerprint density at radius 3 is 2.76 bits per heavy atom. The molecule has 0 aliphatic rings. The van der Waals surface area contributed by atoms with E-state index in [0.29, 0.717) is 18.0 Å². The van der Waals surface area contributed by atoms with Crippen LogP contribution in [0.5, 0.6) is 0 Å². The summed E-state index contributed by atoms with van der Waals surface area (Å²) in [5.41, 5.74) is 2.68. The van der Waals surface area contributed by atoms with Crippen molar-refractivity contribution in [1.82, 2.24) is 4.98 Å². The lowest BCUT2D eigenvalue weighted by atomic mass is 10.1. The average Bonchev–Trinajstić information content (AvgIpc) is 2.93. The van der Waals surface area contributed by atoms with Gasteiger partial charge >= 0.3 is 0 Å². The van der Waals surface area contributed by atoms with Gasteiger partial charge in [-0.05, 0) is 42.3 Å². The highest BCUT2D eigenvalue weighted by molar-refractivity contribution is 9.10. The summed E-state index contributed by atoms with van der Waals surface area (Å²) in [6.07, 6.45) is 1.04. The third kappa shape index (κ3) is 4.87. The number of nitrogens with zero attached hydrogens (tertiary/aromatic N) is 1. The number of fused-ring (bicyclic) bond motifs is 1. The Kier molecular flexibility index (Phi) is 5.45. The van der Waals surface area contributed by atoms with E-state index in [9.17, 15) is 9.59 Å². The first-order valence-corrected chi connectivity index (χ1v) is 9.33. The Hall–Kier alpha value is -2.25. The third-order valence-corrected chi connectivity index (χ3v) is 4.91. The standard InChI is InChI=1S/C18H16BrN3O2S/c1-11(23)20-18-22-15-7-5-12(9-16(15)25-18)6-8-17(24)21-14-4-2-3-13(19)10-14/h2-5,7,9-10H,6,8H2,1H3,(H,21,24)(H,20,22,23). The molecule has 0 fully saturated rings. The van der Waals surface area contributed by atoms with Crippen LogP contribution in [-0.4, -0.2) is 16.8 Å². The van der Waals surface area contributed by atoms with Gasteiger partial charge in [-0.1, -0.05) is 39.4 Å². The fourth-order valence-electron chi connectivity index (χ4n) is 2.38. The van der Waals surface area contributed by atoms with E-state index in [1.165, 1.54) is 18.3 Å².